The Bertz CT molecular complexity index is 388. The highest BCUT2D eigenvalue weighted by atomic mass is 16.5. The van der Waals surface area contributed by atoms with Crippen LogP contribution < -0.4 is 10.1 Å². The van der Waals surface area contributed by atoms with Crippen LogP contribution in [0.3, 0.4) is 0 Å². The largest absolute Gasteiger partial charge is 0.478 e. The Morgan fingerprint density at radius 1 is 1.37 bits per heavy atom. The van der Waals surface area contributed by atoms with Crippen molar-refractivity contribution in [3.63, 3.8) is 0 Å². The van der Waals surface area contributed by atoms with Crippen LogP contribution in [0.15, 0.2) is 12.1 Å². The first kappa shape index (κ1) is 14.3. The molecule has 1 aliphatic rings. The van der Waals surface area contributed by atoms with Gasteiger partial charge in [-0.2, -0.15) is 0 Å². The minimum atomic E-state index is 0.774. The molecule has 0 unspecified atom stereocenters. The van der Waals surface area contributed by atoms with Crippen molar-refractivity contribution in [1.29, 1.82) is 0 Å². The molecule has 1 saturated carbocycles. The number of ether oxygens (including phenoxy) is 1. The van der Waals surface area contributed by atoms with E-state index < -0.39 is 0 Å². The smallest absolute Gasteiger partial charge is 0.213 e. The van der Waals surface area contributed by atoms with Crippen LogP contribution in [0.2, 0.25) is 0 Å². The molecule has 3 nitrogen and oxygen atoms in total. The first-order valence-electron chi connectivity index (χ1n) is 7.59. The topological polar surface area (TPSA) is 34.1 Å². The molecule has 19 heavy (non-hydrogen) atoms. The Morgan fingerprint density at radius 3 is 2.84 bits per heavy atom. The van der Waals surface area contributed by atoms with E-state index in [-0.39, 0.29) is 0 Å². The molecule has 0 spiro atoms. The Labute approximate surface area is 116 Å². The molecule has 0 aliphatic heterocycles. The van der Waals surface area contributed by atoms with Gasteiger partial charge < -0.3 is 10.1 Å². The molecule has 1 aromatic rings. The van der Waals surface area contributed by atoms with Crippen LogP contribution >= 0.6 is 0 Å². The number of nitrogens with one attached hydrogen (secondary N) is 1. The SMILES string of the molecule is CCCNCc1ccc(OCCC2CCC2)nc1C. The number of nitrogens with zero attached hydrogens (tertiary/aromatic N) is 1. The summed E-state index contributed by atoms with van der Waals surface area (Å²) in [5.41, 5.74) is 2.34. The monoisotopic (exact) mass is 262 g/mol. The summed E-state index contributed by atoms with van der Waals surface area (Å²) >= 11 is 0. The maximum atomic E-state index is 5.74. The molecule has 0 atom stereocenters. The summed E-state index contributed by atoms with van der Waals surface area (Å²) < 4.78 is 5.74. The first-order chi connectivity index (χ1) is 9.29. The fraction of sp³-hybridized carbons (Fsp3) is 0.688. The van der Waals surface area contributed by atoms with Crippen LogP contribution in [0, 0.1) is 12.8 Å². The van der Waals surface area contributed by atoms with Gasteiger partial charge in [-0.3, -0.25) is 0 Å². The molecule has 1 heterocycles. The normalized spacial score (nSPS) is 15.3. The van der Waals surface area contributed by atoms with Crippen molar-refractivity contribution in [1.82, 2.24) is 10.3 Å². The second kappa shape index (κ2) is 7.49. The summed E-state index contributed by atoms with van der Waals surface area (Å²) in [6, 6.07) is 4.13. The number of pyridine rings is 1. The molecule has 0 bridgehead atoms. The summed E-state index contributed by atoms with van der Waals surface area (Å²) in [6.07, 6.45) is 6.52. The van der Waals surface area contributed by atoms with Gasteiger partial charge in [0, 0.05) is 18.3 Å². The van der Waals surface area contributed by atoms with Gasteiger partial charge in [-0.25, -0.2) is 4.98 Å². The zero-order valence-electron chi connectivity index (χ0n) is 12.2. The van der Waals surface area contributed by atoms with E-state index in [2.05, 4.69) is 30.2 Å². The minimum absolute atomic E-state index is 0.774. The van der Waals surface area contributed by atoms with Crippen molar-refractivity contribution in [2.45, 2.75) is 52.5 Å². The van der Waals surface area contributed by atoms with E-state index in [0.717, 1.165) is 43.6 Å². The molecule has 0 saturated heterocycles. The van der Waals surface area contributed by atoms with Gasteiger partial charge in [-0.15, -0.1) is 0 Å². The number of aromatic nitrogens is 1. The van der Waals surface area contributed by atoms with Crippen molar-refractivity contribution in [2.75, 3.05) is 13.2 Å². The van der Waals surface area contributed by atoms with Gasteiger partial charge in [0.1, 0.15) is 0 Å². The van der Waals surface area contributed by atoms with Gasteiger partial charge in [-0.1, -0.05) is 32.3 Å². The lowest BCUT2D eigenvalue weighted by Crippen LogP contribution is -2.16. The lowest BCUT2D eigenvalue weighted by Gasteiger charge is -2.24. The molecule has 3 heteroatoms. The number of aryl methyl sites for hydroxylation is 1. The minimum Gasteiger partial charge on any atom is -0.478 e. The Hall–Kier alpha value is -1.09. The van der Waals surface area contributed by atoms with Gasteiger partial charge in [0.25, 0.3) is 0 Å². The van der Waals surface area contributed by atoms with E-state index in [9.17, 15) is 0 Å². The van der Waals surface area contributed by atoms with E-state index in [0.29, 0.717) is 0 Å². The Morgan fingerprint density at radius 2 is 2.21 bits per heavy atom. The summed E-state index contributed by atoms with van der Waals surface area (Å²) in [5.74, 6) is 1.68. The predicted molar refractivity (Wildman–Crippen MR) is 78.4 cm³/mol. The van der Waals surface area contributed by atoms with Crippen molar-refractivity contribution < 1.29 is 4.74 Å². The molecule has 0 amide bonds. The van der Waals surface area contributed by atoms with Crippen LogP contribution in [0.4, 0.5) is 0 Å². The molecular formula is C16H26N2O. The third kappa shape index (κ3) is 4.50. The summed E-state index contributed by atoms with van der Waals surface area (Å²) in [4.78, 5) is 4.53. The van der Waals surface area contributed by atoms with Crippen LogP contribution in [0.25, 0.3) is 0 Å². The summed E-state index contributed by atoms with van der Waals surface area (Å²) in [5, 5.41) is 3.40. The van der Waals surface area contributed by atoms with Crippen LogP contribution in [-0.2, 0) is 6.54 Å². The van der Waals surface area contributed by atoms with Gasteiger partial charge in [0.15, 0.2) is 0 Å². The second-order valence-corrected chi connectivity index (χ2v) is 5.50. The second-order valence-electron chi connectivity index (χ2n) is 5.50. The maximum absolute atomic E-state index is 5.74. The van der Waals surface area contributed by atoms with E-state index in [1.807, 2.05) is 6.07 Å². The molecule has 1 N–H and O–H groups in total. The van der Waals surface area contributed by atoms with Crippen LogP contribution in [0.1, 0.15) is 50.3 Å². The van der Waals surface area contributed by atoms with Crippen LogP contribution in [0.5, 0.6) is 5.88 Å². The van der Waals surface area contributed by atoms with E-state index in [4.69, 9.17) is 4.74 Å². The van der Waals surface area contributed by atoms with Gasteiger partial charge >= 0.3 is 0 Å². The molecular weight excluding hydrogens is 236 g/mol. The molecule has 1 aromatic heterocycles. The van der Waals surface area contributed by atoms with Crippen molar-refractivity contribution >= 4 is 0 Å². The summed E-state index contributed by atoms with van der Waals surface area (Å²) in [7, 11) is 0. The number of rotatable bonds is 8. The van der Waals surface area contributed by atoms with E-state index in [1.54, 1.807) is 0 Å². The highest BCUT2D eigenvalue weighted by molar-refractivity contribution is 5.24. The third-order valence-electron chi connectivity index (χ3n) is 3.91. The van der Waals surface area contributed by atoms with Crippen LogP contribution in [-0.4, -0.2) is 18.1 Å². The molecule has 2 rings (SSSR count). The van der Waals surface area contributed by atoms with Gasteiger partial charge in [-0.05, 0) is 37.8 Å². The Balaban J connectivity index is 1.76. The van der Waals surface area contributed by atoms with Gasteiger partial charge in [0.2, 0.25) is 5.88 Å². The fourth-order valence-corrected chi connectivity index (χ4v) is 2.35. The standard InChI is InChI=1S/C16H26N2O/c1-3-10-17-12-15-7-8-16(18-13(15)2)19-11-9-14-5-4-6-14/h7-8,14,17H,3-6,9-12H2,1-2H3. The quantitative estimate of drug-likeness (QED) is 0.729. The van der Waals surface area contributed by atoms with Crippen molar-refractivity contribution in [3.8, 4) is 5.88 Å². The average Bonchev–Trinajstić information content (AvgIpc) is 2.35. The molecule has 0 radical (unpaired) electrons. The highest BCUT2D eigenvalue weighted by Gasteiger charge is 2.16. The fourth-order valence-electron chi connectivity index (χ4n) is 2.35. The van der Waals surface area contributed by atoms with E-state index >= 15 is 0 Å². The maximum Gasteiger partial charge on any atom is 0.213 e. The first-order valence-corrected chi connectivity index (χ1v) is 7.59. The lowest BCUT2D eigenvalue weighted by atomic mass is 9.83. The van der Waals surface area contributed by atoms with Gasteiger partial charge in [0.05, 0.1) is 6.61 Å². The zero-order valence-corrected chi connectivity index (χ0v) is 12.2. The summed E-state index contributed by atoms with van der Waals surface area (Å²) in [6.45, 7) is 7.00. The zero-order chi connectivity index (χ0) is 13.5. The van der Waals surface area contributed by atoms with Crippen molar-refractivity contribution in [3.05, 3.63) is 23.4 Å². The lowest BCUT2D eigenvalue weighted by molar-refractivity contribution is 0.217. The molecule has 1 aliphatic carbocycles. The average molecular weight is 262 g/mol. The third-order valence-corrected chi connectivity index (χ3v) is 3.91. The molecule has 106 valence electrons. The predicted octanol–water partition coefficient (Wildman–Crippen LogP) is 3.46. The molecule has 0 aromatic carbocycles. The number of hydrogen-bond acceptors (Lipinski definition) is 3. The number of hydrogen-bond donors (Lipinski definition) is 1. The highest BCUT2D eigenvalue weighted by Crippen LogP contribution is 2.29. The van der Waals surface area contributed by atoms with E-state index in [1.165, 1.54) is 31.2 Å². The van der Waals surface area contributed by atoms with Crippen molar-refractivity contribution in [2.24, 2.45) is 5.92 Å². The molecule has 1 fully saturated rings. The Kier molecular flexibility index (Phi) is 5.64.